The molecular formula is C19H17ClFNO3. The third-order valence-electron chi connectivity index (χ3n) is 3.91. The van der Waals surface area contributed by atoms with Crippen molar-refractivity contribution in [1.29, 1.82) is 0 Å². The number of nitrogens with zero attached hydrogens (tertiary/aromatic N) is 1. The predicted molar refractivity (Wildman–Crippen MR) is 94.7 cm³/mol. The van der Waals surface area contributed by atoms with Crippen LogP contribution in [0.15, 0.2) is 40.8 Å². The van der Waals surface area contributed by atoms with Gasteiger partial charge in [-0.05, 0) is 31.2 Å². The Morgan fingerprint density at radius 3 is 2.64 bits per heavy atom. The molecular weight excluding hydrogens is 345 g/mol. The Hall–Kier alpha value is -2.53. The normalized spacial score (nSPS) is 10.9. The van der Waals surface area contributed by atoms with E-state index in [1.165, 1.54) is 17.0 Å². The molecule has 2 aromatic carbocycles. The highest BCUT2D eigenvalue weighted by molar-refractivity contribution is 6.31. The average molecular weight is 362 g/mol. The molecule has 0 saturated heterocycles. The van der Waals surface area contributed by atoms with E-state index in [-0.39, 0.29) is 18.1 Å². The van der Waals surface area contributed by atoms with Crippen molar-refractivity contribution in [3.05, 3.63) is 64.1 Å². The molecule has 0 fully saturated rings. The summed E-state index contributed by atoms with van der Waals surface area (Å²) >= 11 is 6.04. The quantitative estimate of drug-likeness (QED) is 0.669. The van der Waals surface area contributed by atoms with E-state index in [1.807, 2.05) is 0 Å². The predicted octanol–water partition coefficient (Wildman–Crippen LogP) is 4.81. The molecule has 0 aliphatic heterocycles. The third-order valence-corrected chi connectivity index (χ3v) is 4.26. The van der Waals surface area contributed by atoms with Gasteiger partial charge in [-0.1, -0.05) is 23.7 Å². The summed E-state index contributed by atoms with van der Waals surface area (Å²) in [5, 5.41) is 0.867. The zero-order valence-electron chi connectivity index (χ0n) is 14.1. The van der Waals surface area contributed by atoms with Crippen LogP contribution in [0.4, 0.5) is 4.39 Å². The minimum Gasteiger partial charge on any atom is -0.488 e. The van der Waals surface area contributed by atoms with E-state index >= 15 is 0 Å². The minimum absolute atomic E-state index is 0.0511. The smallest absolute Gasteiger partial charge is 0.257 e. The Kier molecular flexibility index (Phi) is 4.68. The summed E-state index contributed by atoms with van der Waals surface area (Å²) < 4.78 is 25.4. The maximum absolute atomic E-state index is 13.9. The van der Waals surface area contributed by atoms with E-state index in [0.29, 0.717) is 33.1 Å². The number of rotatable bonds is 4. The topological polar surface area (TPSA) is 42.7 Å². The lowest BCUT2D eigenvalue weighted by molar-refractivity contribution is 0.0827. The Bertz CT molecular complexity index is 929. The van der Waals surface area contributed by atoms with Gasteiger partial charge in [-0.25, -0.2) is 4.39 Å². The lowest BCUT2D eigenvalue weighted by Gasteiger charge is -2.12. The molecule has 0 atom stereocenters. The summed E-state index contributed by atoms with van der Waals surface area (Å²) in [6.07, 6.45) is 0. The average Bonchev–Trinajstić information content (AvgIpc) is 2.90. The zero-order valence-corrected chi connectivity index (χ0v) is 14.9. The Balaban J connectivity index is 2.03. The monoisotopic (exact) mass is 361 g/mol. The van der Waals surface area contributed by atoms with Crippen LogP contribution in [-0.4, -0.2) is 24.9 Å². The van der Waals surface area contributed by atoms with E-state index in [1.54, 1.807) is 45.3 Å². The first kappa shape index (κ1) is 17.3. The van der Waals surface area contributed by atoms with Crippen LogP contribution in [0.3, 0.4) is 0 Å². The zero-order chi connectivity index (χ0) is 18.1. The summed E-state index contributed by atoms with van der Waals surface area (Å²) in [6.45, 7) is 1.68. The van der Waals surface area contributed by atoms with Crippen molar-refractivity contribution in [2.24, 2.45) is 0 Å². The maximum Gasteiger partial charge on any atom is 0.257 e. The van der Waals surface area contributed by atoms with Gasteiger partial charge in [-0.15, -0.1) is 0 Å². The molecule has 0 unspecified atom stereocenters. The highest BCUT2D eigenvalue weighted by atomic mass is 35.5. The van der Waals surface area contributed by atoms with Crippen LogP contribution >= 0.6 is 11.6 Å². The van der Waals surface area contributed by atoms with Crippen LogP contribution in [0.2, 0.25) is 5.02 Å². The highest BCUT2D eigenvalue weighted by Gasteiger charge is 2.23. The first-order valence-electron chi connectivity index (χ1n) is 7.69. The number of carbonyl (C=O) groups excluding carboxylic acids is 1. The van der Waals surface area contributed by atoms with Crippen molar-refractivity contribution in [2.45, 2.75) is 13.5 Å². The molecule has 1 heterocycles. The largest absolute Gasteiger partial charge is 0.488 e. The van der Waals surface area contributed by atoms with Gasteiger partial charge < -0.3 is 14.1 Å². The fourth-order valence-corrected chi connectivity index (χ4v) is 2.87. The first-order chi connectivity index (χ1) is 11.9. The lowest BCUT2D eigenvalue weighted by atomic mass is 10.1. The first-order valence-corrected chi connectivity index (χ1v) is 8.07. The molecule has 3 aromatic rings. The van der Waals surface area contributed by atoms with Crippen LogP contribution < -0.4 is 4.74 Å². The second kappa shape index (κ2) is 6.76. The Morgan fingerprint density at radius 1 is 1.24 bits per heavy atom. The van der Waals surface area contributed by atoms with Crippen LogP contribution in [0.25, 0.3) is 11.0 Å². The maximum atomic E-state index is 13.9. The second-order valence-electron chi connectivity index (χ2n) is 5.85. The second-order valence-corrected chi connectivity index (χ2v) is 6.26. The van der Waals surface area contributed by atoms with Crippen LogP contribution in [0.5, 0.6) is 5.75 Å². The van der Waals surface area contributed by atoms with Gasteiger partial charge in [0.05, 0.1) is 16.0 Å². The van der Waals surface area contributed by atoms with Crippen molar-refractivity contribution in [3.8, 4) is 5.75 Å². The van der Waals surface area contributed by atoms with Gasteiger partial charge >= 0.3 is 0 Å². The van der Waals surface area contributed by atoms with E-state index in [0.717, 1.165) is 0 Å². The van der Waals surface area contributed by atoms with Gasteiger partial charge in [0.15, 0.2) is 0 Å². The molecule has 0 aliphatic carbocycles. The van der Waals surface area contributed by atoms with Crippen molar-refractivity contribution in [1.82, 2.24) is 4.90 Å². The lowest BCUT2D eigenvalue weighted by Crippen LogP contribution is -2.22. The fraction of sp³-hybridized carbons (Fsp3) is 0.211. The number of hydrogen-bond acceptors (Lipinski definition) is 3. The molecule has 130 valence electrons. The van der Waals surface area contributed by atoms with Crippen molar-refractivity contribution >= 4 is 28.5 Å². The van der Waals surface area contributed by atoms with Gasteiger partial charge in [0.1, 0.15) is 29.5 Å². The molecule has 3 rings (SSSR count). The summed E-state index contributed by atoms with van der Waals surface area (Å²) in [5.74, 6) is 0.330. The SMILES string of the molecule is Cc1oc2cccc(OCc3c(F)cccc3Cl)c2c1C(=O)N(C)C. The van der Waals surface area contributed by atoms with E-state index in [9.17, 15) is 9.18 Å². The molecule has 25 heavy (non-hydrogen) atoms. The van der Waals surface area contributed by atoms with Gasteiger partial charge in [-0.3, -0.25) is 4.79 Å². The van der Waals surface area contributed by atoms with Gasteiger partial charge in [0.2, 0.25) is 0 Å². The fourth-order valence-electron chi connectivity index (χ4n) is 2.66. The standard InChI is InChI=1S/C19H17ClFNO3/c1-11-17(19(23)22(2)3)18-15(8-5-9-16(18)25-11)24-10-12-13(20)6-4-7-14(12)21/h4-9H,10H2,1-3H3. The number of halogens is 2. The molecule has 0 saturated carbocycles. The molecule has 0 spiro atoms. The molecule has 0 bridgehead atoms. The molecule has 1 aromatic heterocycles. The number of benzene rings is 2. The van der Waals surface area contributed by atoms with E-state index in [2.05, 4.69) is 0 Å². The number of ether oxygens (including phenoxy) is 1. The van der Waals surface area contributed by atoms with Gasteiger partial charge in [0, 0.05) is 19.7 Å². The number of carbonyl (C=O) groups is 1. The van der Waals surface area contributed by atoms with E-state index < -0.39 is 5.82 Å². The van der Waals surface area contributed by atoms with Crippen molar-refractivity contribution < 1.29 is 18.3 Å². The Labute approximate surface area is 149 Å². The molecule has 6 heteroatoms. The Morgan fingerprint density at radius 2 is 1.96 bits per heavy atom. The van der Waals surface area contributed by atoms with Gasteiger partial charge in [-0.2, -0.15) is 0 Å². The van der Waals surface area contributed by atoms with Crippen LogP contribution in [0, 0.1) is 12.7 Å². The number of fused-ring (bicyclic) bond motifs is 1. The number of furan rings is 1. The minimum atomic E-state index is -0.437. The van der Waals surface area contributed by atoms with Crippen molar-refractivity contribution in [3.63, 3.8) is 0 Å². The summed E-state index contributed by atoms with van der Waals surface area (Å²) in [7, 11) is 3.34. The molecule has 0 aliphatic rings. The summed E-state index contributed by atoms with van der Waals surface area (Å²) in [4.78, 5) is 14.0. The van der Waals surface area contributed by atoms with Crippen molar-refractivity contribution in [2.75, 3.05) is 14.1 Å². The molecule has 1 amide bonds. The van der Waals surface area contributed by atoms with Crippen LogP contribution in [0.1, 0.15) is 21.7 Å². The van der Waals surface area contributed by atoms with E-state index in [4.69, 9.17) is 20.8 Å². The summed E-state index contributed by atoms with van der Waals surface area (Å²) in [5.41, 5.74) is 1.25. The van der Waals surface area contributed by atoms with Gasteiger partial charge in [0.25, 0.3) is 5.91 Å². The molecule has 0 radical (unpaired) electrons. The number of amides is 1. The molecule has 0 N–H and O–H groups in total. The van der Waals surface area contributed by atoms with Crippen LogP contribution in [-0.2, 0) is 6.61 Å². The number of hydrogen-bond donors (Lipinski definition) is 0. The molecule has 4 nitrogen and oxygen atoms in total. The number of aryl methyl sites for hydroxylation is 1. The summed E-state index contributed by atoms with van der Waals surface area (Å²) in [6, 6.07) is 9.71. The highest BCUT2D eigenvalue weighted by Crippen LogP contribution is 2.35. The third kappa shape index (κ3) is 3.20.